The summed E-state index contributed by atoms with van der Waals surface area (Å²) in [7, 11) is 0. The van der Waals surface area contributed by atoms with Crippen molar-refractivity contribution in [3.8, 4) is 0 Å². The van der Waals surface area contributed by atoms with Crippen LogP contribution < -0.4 is 5.32 Å². The highest BCUT2D eigenvalue weighted by Crippen LogP contribution is 2.34. The third-order valence-electron chi connectivity index (χ3n) is 6.49. The van der Waals surface area contributed by atoms with E-state index in [1.54, 1.807) is 0 Å². The summed E-state index contributed by atoms with van der Waals surface area (Å²) in [5.74, 6) is -0.00209. The van der Waals surface area contributed by atoms with E-state index in [9.17, 15) is 9.59 Å². The number of hydrogen-bond donors (Lipinski definition) is 1. The van der Waals surface area contributed by atoms with Crippen LogP contribution in [0.25, 0.3) is 0 Å². The lowest BCUT2D eigenvalue weighted by Crippen LogP contribution is -2.65. The Balaban J connectivity index is 1.87. The maximum atomic E-state index is 13.5. The summed E-state index contributed by atoms with van der Waals surface area (Å²) >= 11 is 0. The van der Waals surface area contributed by atoms with Gasteiger partial charge in [0.05, 0.1) is 0 Å². The van der Waals surface area contributed by atoms with Gasteiger partial charge in [-0.05, 0) is 44.7 Å². The van der Waals surface area contributed by atoms with Crippen molar-refractivity contribution in [1.29, 1.82) is 0 Å². The molecule has 1 N–H and O–H groups in total. The number of carbonyl (C=O) groups is 2. The molecule has 1 aliphatic heterocycles. The molecular weight excluding hydrogens is 336 g/mol. The van der Waals surface area contributed by atoms with Crippen molar-refractivity contribution >= 4 is 11.8 Å². The number of amides is 2. The zero-order chi connectivity index (χ0) is 19.4. The average molecular weight is 371 g/mol. The van der Waals surface area contributed by atoms with Gasteiger partial charge in [0.25, 0.3) is 5.91 Å². The molecule has 2 atom stereocenters. The van der Waals surface area contributed by atoms with Crippen LogP contribution in [0, 0.1) is 0 Å². The minimum absolute atomic E-state index is 0.0104. The second-order valence-corrected chi connectivity index (χ2v) is 8.56. The van der Waals surface area contributed by atoms with Crippen LogP contribution in [0.2, 0.25) is 0 Å². The summed E-state index contributed by atoms with van der Waals surface area (Å²) in [6, 6.07) is 8.00. The van der Waals surface area contributed by atoms with Crippen molar-refractivity contribution in [2.24, 2.45) is 0 Å². The normalized spacial score (nSPS) is 25.3. The van der Waals surface area contributed by atoms with Crippen LogP contribution in [0.4, 0.5) is 0 Å². The molecule has 1 aliphatic carbocycles. The van der Waals surface area contributed by atoms with E-state index in [0.717, 1.165) is 30.4 Å². The summed E-state index contributed by atoms with van der Waals surface area (Å²) in [6.07, 6.45) is 9.70. The van der Waals surface area contributed by atoms with Crippen LogP contribution in [-0.4, -0.2) is 34.3 Å². The molecule has 2 aliphatic rings. The van der Waals surface area contributed by atoms with Crippen molar-refractivity contribution < 1.29 is 9.59 Å². The topological polar surface area (TPSA) is 49.4 Å². The molecule has 0 unspecified atom stereocenters. The molecule has 0 saturated heterocycles. The molecule has 2 amide bonds. The molecule has 0 radical (unpaired) electrons. The summed E-state index contributed by atoms with van der Waals surface area (Å²) in [5, 5.41) is 3.32. The zero-order valence-electron chi connectivity index (χ0n) is 17.1. The molecule has 27 heavy (non-hydrogen) atoms. The van der Waals surface area contributed by atoms with Crippen molar-refractivity contribution in [3.63, 3.8) is 0 Å². The minimum atomic E-state index is -0.830. The standard InChI is InChI=1S/C23H34N2O2/c1-4-17(2)25-21(26)20-15-11-10-12-18(20)16-23(25,3)22(27)24-19-13-8-6-5-7-9-14-19/h10-12,15,17,19H,4-9,13-14,16H2,1-3H3,(H,24,27)/t17-,23+/m0/s1. The molecule has 148 valence electrons. The third kappa shape index (κ3) is 4.04. The predicted octanol–water partition coefficient (Wildman–Crippen LogP) is 4.47. The number of hydrogen-bond acceptors (Lipinski definition) is 2. The van der Waals surface area contributed by atoms with Crippen molar-refractivity contribution in [3.05, 3.63) is 35.4 Å². The van der Waals surface area contributed by atoms with Gasteiger partial charge in [-0.2, -0.15) is 0 Å². The first-order valence-electron chi connectivity index (χ1n) is 10.7. The first-order valence-corrected chi connectivity index (χ1v) is 10.7. The first-order chi connectivity index (χ1) is 13.0. The molecule has 4 nitrogen and oxygen atoms in total. The van der Waals surface area contributed by atoms with Crippen LogP contribution in [0.5, 0.6) is 0 Å². The van der Waals surface area contributed by atoms with E-state index in [1.165, 1.54) is 32.1 Å². The molecule has 1 fully saturated rings. The van der Waals surface area contributed by atoms with Gasteiger partial charge < -0.3 is 10.2 Å². The van der Waals surface area contributed by atoms with E-state index in [0.29, 0.717) is 6.42 Å². The maximum absolute atomic E-state index is 13.5. The number of fused-ring (bicyclic) bond motifs is 1. The Morgan fingerprint density at radius 2 is 1.81 bits per heavy atom. The fraction of sp³-hybridized carbons (Fsp3) is 0.652. The molecule has 1 heterocycles. The Labute approximate surface area is 163 Å². The van der Waals surface area contributed by atoms with Gasteiger partial charge >= 0.3 is 0 Å². The van der Waals surface area contributed by atoms with Crippen LogP contribution in [0.1, 0.15) is 88.1 Å². The van der Waals surface area contributed by atoms with Gasteiger partial charge in [0.2, 0.25) is 5.91 Å². The zero-order valence-corrected chi connectivity index (χ0v) is 17.1. The van der Waals surface area contributed by atoms with Crippen molar-refractivity contribution in [2.75, 3.05) is 0 Å². The van der Waals surface area contributed by atoms with Crippen LogP contribution in [0.3, 0.4) is 0 Å². The lowest BCUT2D eigenvalue weighted by atomic mass is 9.81. The van der Waals surface area contributed by atoms with E-state index in [1.807, 2.05) is 43.0 Å². The van der Waals surface area contributed by atoms with E-state index in [2.05, 4.69) is 12.2 Å². The van der Waals surface area contributed by atoms with Crippen molar-refractivity contribution in [1.82, 2.24) is 10.2 Å². The number of nitrogens with one attached hydrogen (secondary N) is 1. The minimum Gasteiger partial charge on any atom is -0.351 e. The quantitative estimate of drug-likeness (QED) is 0.850. The van der Waals surface area contributed by atoms with E-state index < -0.39 is 5.54 Å². The second kappa shape index (κ2) is 8.45. The Morgan fingerprint density at radius 1 is 1.19 bits per heavy atom. The smallest absolute Gasteiger partial charge is 0.255 e. The van der Waals surface area contributed by atoms with Crippen molar-refractivity contribution in [2.45, 2.75) is 96.2 Å². The molecule has 1 aromatic rings. The highest BCUT2D eigenvalue weighted by atomic mass is 16.2. The highest BCUT2D eigenvalue weighted by Gasteiger charge is 2.48. The maximum Gasteiger partial charge on any atom is 0.255 e. The first kappa shape index (κ1) is 19.9. The second-order valence-electron chi connectivity index (χ2n) is 8.56. The van der Waals surface area contributed by atoms with Gasteiger partial charge in [-0.1, -0.05) is 57.2 Å². The molecule has 1 aromatic carbocycles. The van der Waals surface area contributed by atoms with Gasteiger partial charge in [0.1, 0.15) is 5.54 Å². The van der Waals surface area contributed by atoms with E-state index >= 15 is 0 Å². The van der Waals surface area contributed by atoms with Gasteiger partial charge in [-0.15, -0.1) is 0 Å². The summed E-state index contributed by atoms with van der Waals surface area (Å²) in [5.41, 5.74) is 0.898. The van der Waals surface area contributed by atoms with Crippen LogP contribution in [0.15, 0.2) is 24.3 Å². The fourth-order valence-corrected chi connectivity index (χ4v) is 4.69. The number of benzene rings is 1. The molecule has 0 aromatic heterocycles. The average Bonchev–Trinajstić information content (AvgIpc) is 2.63. The molecule has 0 bridgehead atoms. The lowest BCUT2D eigenvalue weighted by molar-refractivity contribution is -0.133. The van der Waals surface area contributed by atoms with E-state index in [-0.39, 0.29) is 23.9 Å². The Kier molecular flexibility index (Phi) is 6.23. The van der Waals surface area contributed by atoms with Gasteiger partial charge in [0.15, 0.2) is 0 Å². The number of nitrogens with zero attached hydrogens (tertiary/aromatic N) is 1. The predicted molar refractivity (Wildman–Crippen MR) is 109 cm³/mol. The number of rotatable bonds is 4. The fourth-order valence-electron chi connectivity index (χ4n) is 4.69. The highest BCUT2D eigenvalue weighted by molar-refractivity contribution is 6.02. The van der Waals surface area contributed by atoms with Gasteiger partial charge in [0, 0.05) is 24.1 Å². The monoisotopic (exact) mass is 370 g/mol. The molecule has 1 saturated carbocycles. The van der Waals surface area contributed by atoms with Crippen LogP contribution in [-0.2, 0) is 11.2 Å². The number of carbonyl (C=O) groups excluding carboxylic acids is 2. The van der Waals surface area contributed by atoms with Gasteiger partial charge in [-0.3, -0.25) is 9.59 Å². The Bertz CT molecular complexity index is 679. The molecular formula is C23H34N2O2. The molecule has 3 rings (SSSR count). The lowest BCUT2D eigenvalue weighted by Gasteiger charge is -2.47. The summed E-state index contributed by atoms with van der Waals surface area (Å²) in [6.45, 7) is 6.07. The van der Waals surface area contributed by atoms with E-state index in [4.69, 9.17) is 0 Å². The summed E-state index contributed by atoms with van der Waals surface area (Å²) in [4.78, 5) is 28.6. The summed E-state index contributed by atoms with van der Waals surface area (Å²) < 4.78 is 0. The largest absolute Gasteiger partial charge is 0.351 e. The molecule has 4 heteroatoms. The SMILES string of the molecule is CC[C@H](C)N1C(=O)c2ccccc2C[C@]1(C)C(=O)NC1CCCCCCC1. The Morgan fingerprint density at radius 3 is 2.48 bits per heavy atom. The third-order valence-corrected chi connectivity index (χ3v) is 6.49. The Hall–Kier alpha value is -1.84. The molecule has 0 spiro atoms. The van der Waals surface area contributed by atoms with Gasteiger partial charge in [-0.25, -0.2) is 0 Å². The van der Waals surface area contributed by atoms with Crippen LogP contribution >= 0.6 is 0 Å².